The number of rotatable bonds is 3. The lowest BCUT2D eigenvalue weighted by Crippen LogP contribution is -2.31. The number of para-hydroxylation sites is 1. The first-order chi connectivity index (χ1) is 7.97. The van der Waals surface area contributed by atoms with E-state index >= 15 is 0 Å². The number of anilines is 1. The first-order valence-electron chi connectivity index (χ1n) is 4.96. The van der Waals surface area contributed by atoms with Crippen molar-refractivity contribution in [2.75, 3.05) is 5.32 Å². The number of halogens is 2. The van der Waals surface area contributed by atoms with E-state index in [1.165, 1.54) is 0 Å². The lowest BCUT2D eigenvalue weighted by atomic mass is 10.1. The molecule has 1 aliphatic rings. The molecule has 2 rings (SSSR count). The van der Waals surface area contributed by atoms with Crippen LogP contribution in [-0.4, -0.2) is 17.0 Å². The van der Waals surface area contributed by atoms with E-state index in [9.17, 15) is 18.4 Å². The maximum absolute atomic E-state index is 13.2. The normalized spacial score (nSPS) is 16.4. The number of hydrogen-bond acceptors (Lipinski definition) is 2. The lowest BCUT2D eigenvalue weighted by molar-refractivity contribution is -0.147. The molecule has 0 radical (unpaired) electrons. The van der Waals surface area contributed by atoms with Crippen molar-refractivity contribution in [3.05, 3.63) is 29.8 Å². The van der Waals surface area contributed by atoms with E-state index in [-0.39, 0.29) is 12.8 Å². The number of benzene rings is 1. The van der Waals surface area contributed by atoms with E-state index in [0.29, 0.717) is 0 Å². The van der Waals surface area contributed by atoms with Crippen LogP contribution in [0.3, 0.4) is 0 Å². The van der Waals surface area contributed by atoms with Crippen molar-refractivity contribution in [1.82, 2.24) is 0 Å². The summed E-state index contributed by atoms with van der Waals surface area (Å²) in [4.78, 5) is 22.5. The van der Waals surface area contributed by atoms with E-state index in [0.717, 1.165) is 18.2 Å². The minimum absolute atomic E-state index is 0.185. The van der Waals surface area contributed by atoms with Crippen molar-refractivity contribution in [2.45, 2.75) is 12.8 Å². The van der Waals surface area contributed by atoms with Gasteiger partial charge in [-0.2, -0.15) is 0 Å². The molecule has 0 spiro atoms. The molecular formula is C11H9F2NO3. The van der Waals surface area contributed by atoms with Crippen LogP contribution in [0.4, 0.5) is 14.5 Å². The molecule has 1 aliphatic carbocycles. The van der Waals surface area contributed by atoms with Gasteiger partial charge in [-0.25, -0.2) is 8.78 Å². The molecule has 1 fully saturated rings. The number of carboxylic acid groups (broad SMARTS) is 1. The molecule has 0 bridgehead atoms. The fourth-order valence-corrected chi connectivity index (χ4v) is 1.51. The number of hydrogen-bond donors (Lipinski definition) is 2. The van der Waals surface area contributed by atoms with Crippen LogP contribution in [-0.2, 0) is 9.59 Å². The zero-order valence-corrected chi connectivity index (χ0v) is 8.67. The van der Waals surface area contributed by atoms with Crippen LogP contribution in [0, 0.1) is 17.0 Å². The van der Waals surface area contributed by atoms with Crippen molar-refractivity contribution in [1.29, 1.82) is 0 Å². The molecule has 0 atom stereocenters. The number of carboxylic acids is 1. The van der Waals surface area contributed by atoms with Gasteiger partial charge in [-0.05, 0) is 25.0 Å². The molecule has 4 nitrogen and oxygen atoms in total. The summed E-state index contributed by atoms with van der Waals surface area (Å²) in [6.07, 6.45) is 0.370. The maximum atomic E-state index is 13.2. The van der Waals surface area contributed by atoms with Crippen LogP contribution in [0.5, 0.6) is 0 Å². The maximum Gasteiger partial charge on any atom is 0.319 e. The van der Waals surface area contributed by atoms with E-state index in [4.69, 9.17) is 5.11 Å². The van der Waals surface area contributed by atoms with Crippen LogP contribution in [0.2, 0.25) is 0 Å². The number of nitrogens with one attached hydrogen (secondary N) is 1. The van der Waals surface area contributed by atoms with Crippen molar-refractivity contribution in [3.8, 4) is 0 Å². The highest BCUT2D eigenvalue weighted by atomic mass is 19.1. The molecule has 6 heteroatoms. The van der Waals surface area contributed by atoms with Gasteiger partial charge in [0.15, 0.2) is 0 Å². The molecule has 0 heterocycles. The lowest BCUT2D eigenvalue weighted by Gasteiger charge is -2.11. The highest BCUT2D eigenvalue weighted by Crippen LogP contribution is 2.46. The molecule has 17 heavy (non-hydrogen) atoms. The Balaban J connectivity index is 2.23. The summed E-state index contributed by atoms with van der Waals surface area (Å²) in [5.74, 6) is -4.01. The molecule has 1 aromatic carbocycles. The largest absolute Gasteiger partial charge is 0.480 e. The van der Waals surface area contributed by atoms with Crippen molar-refractivity contribution < 1.29 is 23.5 Å². The van der Waals surface area contributed by atoms with Gasteiger partial charge in [-0.3, -0.25) is 9.59 Å². The van der Waals surface area contributed by atoms with E-state index in [2.05, 4.69) is 0 Å². The molecule has 1 aromatic rings. The fourth-order valence-electron chi connectivity index (χ4n) is 1.51. The highest BCUT2D eigenvalue weighted by molar-refractivity contribution is 6.10. The van der Waals surface area contributed by atoms with E-state index < -0.39 is 34.6 Å². The summed E-state index contributed by atoms with van der Waals surface area (Å²) in [5.41, 5.74) is -2.13. The number of carbonyl (C=O) groups is 2. The van der Waals surface area contributed by atoms with Gasteiger partial charge < -0.3 is 10.4 Å². The Kier molecular flexibility index (Phi) is 2.57. The molecule has 0 unspecified atom stereocenters. The van der Waals surface area contributed by atoms with Gasteiger partial charge in [0.2, 0.25) is 5.91 Å². The topological polar surface area (TPSA) is 66.4 Å². The molecule has 0 aliphatic heterocycles. The Morgan fingerprint density at radius 3 is 2.18 bits per heavy atom. The Morgan fingerprint density at radius 2 is 1.76 bits per heavy atom. The first-order valence-corrected chi connectivity index (χ1v) is 4.96. The van der Waals surface area contributed by atoms with Crippen LogP contribution in [0.15, 0.2) is 18.2 Å². The van der Waals surface area contributed by atoms with Crippen LogP contribution < -0.4 is 5.32 Å². The minimum Gasteiger partial charge on any atom is -0.480 e. The van der Waals surface area contributed by atoms with Gasteiger partial charge in [0.25, 0.3) is 0 Å². The summed E-state index contributed by atoms with van der Waals surface area (Å²) in [6.45, 7) is 0. The molecule has 1 saturated carbocycles. The summed E-state index contributed by atoms with van der Waals surface area (Å²) >= 11 is 0. The molecular weight excluding hydrogens is 232 g/mol. The number of aliphatic carboxylic acids is 1. The number of carbonyl (C=O) groups excluding carboxylic acids is 1. The van der Waals surface area contributed by atoms with Crippen molar-refractivity contribution in [3.63, 3.8) is 0 Å². The highest BCUT2D eigenvalue weighted by Gasteiger charge is 2.57. The predicted molar refractivity (Wildman–Crippen MR) is 54.3 cm³/mol. The van der Waals surface area contributed by atoms with Crippen molar-refractivity contribution in [2.24, 2.45) is 5.41 Å². The van der Waals surface area contributed by atoms with E-state index in [1.807, 2.05) is 5.32 Å². The smallest absolute Gasteiger partial charge is 0.319 e. The summed E-state index contributed by atoms with van der Waals surface area (Å²) in [7, 11) is 0. The third kappa shape index (κ3) is 1.86. The standard InChI is InChI=1S/C11H9F2NO3/c12-6-2-1-3-7(13)8(6)14-9(15)11(4-5-11)10(16)17/h1-3H,4-5H2,(H,14,15)(H,16,17). The first kappa shape index (κ1) is 11.5. The molecule has 0 aromatic heterocycles. The van der Waals surface area contributed by atoms with Crippen LogP contribution in [0.1, 0.15) is 12.8 Å². The monoisotopic (exact) mass is 241 g/mol. The molecule has 90 valence electrons. The quantitative estimate of drug-likeness (QED) is 0.792. The Bertz CT molecular complexity index is 477. The second kappa shape index (κ2) is 3.80. The molecule has 2 N–H and O–H groups in total. The summed E-state index contributed by atoms with van der Waals surface area (Å²) in [5, 5.41) is 10.8. The van der Waals surface area contributed by atoms with Crippen LogP contribution in [0.25, 0.3) is 0 Å². The zero-order chi connectivity index (χ0) is 12.6. The fraction of sp³-hybridized carbons (Fsp3) is 0.273. The van der Waals surface area contributed by atoms with Gasteiger partial charge in [0.05, 0.1) is 0 Å². The van der Waals surface area contributed by atoms with Gasteiger partial charge in [0.1, 0.15) is 22.7 Å². The Hall–Kier alpha value is -1.98. The number of amides is 1. The SMILES string of the molecule is O=C(O)C1(C(=O)Nc2c(F)cccc2F)CC1. The van der Waals surface area contributed by atoms with Gasteiger partial charge in [-0.15, -0.1) is 0 Å². The van der Waals surface area contributed by atoms with Gasteiger partial charge in [-0.1, -0.05) is 6.07 Å². The Labute approximate surface area is 95.2 Å². The average Bonchev–Trinajstić information content (AvgIpc) is 3.04. The van der Waals surface area contributed by atoms with Crippen LogP contribution >= 0.6 is 0 Å². The molecule has 0 saturated heterocycles. The minimum atomic E-state index is -1.52. The third-order valence-corrected chi connectivity index (χ3v) is 2.80. The van der Waals surface area contributed by atoms with E-state index in [1.54, 1.807) is 0 Å². The summed E-state index contributed by atoms with van der Waals surface area (Å²) in [6, 6.07) is 3.13. The summed E-state index contributed by atoms with van der Waals surface area (Å²) < 4.78 is 26.4. The molecule has 1 amide bonds. The van der Waals surface area contributed by atoms with Gasteiger partial charge in [0, 0.05) is 0 Å². The average molecular weight is 241 g/mol. The second-order valence-electron chi connectivity index (χ2n) is 3.94. The van der Waals surface area contributed by atoms with Gasteiger partial charge >= 0.3 is 5.97 Å². The Morgan fingerprint density at radius 1 is 1.24 bits per heavy atom. The zero-order valence-electron chi connectivity index (χ0n) is 8.67. The third-order valence-electron chi connectivity index (χ3n) is 2.80. The van der Waals surface area contributed by atoms with Crippen molar-refractivity contribution >= 4 is 17.6 Å². The second-order valence-corrected chi connectivity index (χ2v) is 3.94. The predicted octanol–water partition coefficient (Wildman–Crippen LogP) is 1.77.